The lowest BCUT2D eigenvalue weighted by Gasteiger charge is -2.07. The number of rotatable bonds is 3. The van der Waals surface area contributed by atoms with Crippen LogP contribution in [0.4, 0.5) is 20.2 Å². The van der Waals surface area contributed by atoms with Crippen LogP contribution in [0.1, 0.15) is 0 Å². The van der Waals surface area contributed by atoms with Crippen molar-refractivity contribution in [2.75, 3.05) is 10.5 Å². The van der Waals surface area contributed by atoms with Gasteiger partial charge in [0.25, 0.3) is 10.0 Å². The fourth-order valence-electron chi connectivity index (χ4n) is 1.24. The number of hydrogen-bond acceptors (Lipinski definition) is 5. The minimum atomic E-state index is -4.30. The summed E-state index contributed by atoms with van der Waals surface area (Å²) in [6.45, 7) is 0. The molecule has 0 fully saturated rings. The van der Waals surface area contributed by atoms with Gasteiger partial charge in [0.1, 0.15) is 16.8 Å². The zero-order valence-electron chi connectivity index (χ0n) is 8.72. The lowest BCUT2D eigenvalue weighted by atomic mass is 10.3. The lowest BCUT2D eigenvalue weighted by Crippen LogP contribution is -2.15. The predicted molar refractivity (Wildman–Crippen MR) is 58.1 cm³/mol. The van der Waals surface area contributed by atoms with E-state index < -0.39 is 26.6 Å². The third kappa shape index (κ3) is 2.25. The Morgan fingerprint density at radius 3 is 2.67 bits per heavy atom. The first-order valence-corrected chi connectivity index (χ1v) is 6.05. The zero-order valence-corrected chi connectivity index (χ0v) is 9.54. The van der Waals surface area contributed by atoms with E-state index in [1.165, 1.54) is 0 Å². The normalized spacial score (nSPS) is 11.4. The Kier molecular flexibility index (Phi) is 2.91. The van der Waals surface area contributed by atoms with Gasteiger partial charge in [0.15, 0.2) is 11.6 Å². The van der Waals surface area contributed by atoms with Gasteiger partial charge in [-0.3, -0.25) is 4.72 Å². The fraction of sp³-hybridized carbons (Fsp3) is 0. The van der Waals surface area contributed by atoms with Crippen molar-refractivity contribution in [2.45, 2.75) is 4.90 Å². The number of nitrogen functional groups attached to an aromatic ring is 1. The second-order valence-corrected chi connectivity index (χ2v) is 4.98. The topological polar surface area (TPSA) is 98.2 Å². The van der Waals surface area contributed by atoms with E-state index in [0.29, 0.717) is 6.07 Å². The minimum Gasteiger partial charge on any atom is -0.399 e. The van der Waals surface area contributed by atoms with Crippen molar-refractivity contribution in [2.24, 2.45) is 0 Å². The standard InChI is InChI=1S/C9H7F2N3O3S/c10-7-1-5(12)2-8(9(7)11)18(15,16)14-6-3-13-17-4-6/h1-4,14H,12H2. The summed E-state index contributed by atoms with van der Waals surface area (Å²) in [4.78, 5) is -0.888. The first-order chi connectivity index (χ1) is 8.40. The molecule has 6 nitrogen and oxygen atoms in total. The van der Waals surface area contributed by atoms with Crippen molar-refractivity contribution in [1.82, 2.24) is 5.16 Å². The van der Waals surface area contributed by atoms with Gasteiger partial charge in [-0.05, 0) is 12.1 Å². The van der Waals surface area contributed by atoms with Crippen molar-refractivity contribution in [3.05, 3.63) is 36.2 Å². The molecule has 3 N–H and O–H groups in total. The van der Waals surface area contributed by atoms with Gasteiger partial charge in [0, 0.05) is 5.69 Å². The molecule has 0 spiro atoms. The molecule has 0 saturated heterocycles. The molecule has 96 valence electrons. The van der Waals surface area contributed by atoms with E-state index in [-0.39, 0.29) is 11.4 Å². The van der Waals surface area contributed by atoms with Crippen LogP contribution in [0.25, 0.3) is 0 Å². The van der Waals surface area contributed by atoms with Crippen LogP contribution in [0.2, 0.25) is 0 Å². The van der Waals surface area contributed by atoms with E-state index >= 15 is 0 Å². The number of benzene rings is 1. The Morgan fingerprint density at radius 2 is 2.06 bits per heavy atom. The molecule has 0 atom stereocenters. The van der Waals surface area contributed by atoms with Gasteiger partial charge in [0.2, 0.25) is 0 Å². The summed E-state index contributed by atoms with van der Waals surface area (Å²) in [5.74, 6) is -2.85. The van der Waals surface area contributed by atoms with Crippen LogP contribution in [0, 0.1) is 11.6 Å². The highest BCUT2D eigenvalue weighted by atomic mass is 32.2. The number of anilines is 2. The molecule has 1 aromatic heterocycles. The summed E-state index contributed by atoms with van der Waals surface area (Å²) in [6, 6.07) is 1.50. The summed E-state index contributed by atoms with van der Waals surface area (Å²) in [6.07, 6.45) is 2.07. The third-order valence-corrected chi connectivity index (χ3v) is 3.37. The molecule has 1 aromatic carbocycles. The smallest absolute Gasteiger partial charge is 0.265 e. The van der Waals surface area contributed by atoms with Crippen molar-refractivity contribution >= 4 is 21.4 Å². The van der Waals surface area contributed by atoms with E-state index in [4.69, 9.17) is 5.73 Å². The molecule has 18 heavy (non-hydrogen) atoms. The number of halogens is 2. The number of nitrogens with two attached hydrogens (primary N) is 1. The van der Waals surface area contributed by atoms with Crippen LogP contribution >= 0.6 is 0 Å². The van der Waals surface area contributed by atoms with Crippen LogP contribution in [0.15, 0.2) is 34.0 Å². The van der Waals surface area contributed by atoms with Crippen molar-refractivity contribution in [3.8, 4) is 0 Å². The van der Waals surface area contributed by atoms with Gasteiger partial charge in [-0.25, -0.2) is 17.2 Å². The first kappa shape index (κ1) is 12.3. The molecular weight excluding hydrogens is 268 g/mol. The lowest BCUT2D eigenvalue weighted by molar-refractivity contribution is 0.420. The molecule has 0 radical (unpaired) electrons. The minimum absolute atomic E-state index is 0.0165. The van der Waals surface area contributed by atoms with Crippen molar-refractivity contribution < 1.29 is 21.7 Å². The third-order valence-electron chi connectivity index (χ3n) is 1.99. The maximum Gasteiger partial charge on any atom is 0.265 e. The summed E-state index contributed by atoms with van der Waals surface area (Å²) in [5, 5.41) is 3.26. The average Bonchev–Trinajstić information content (AvgIpc) is 2.75. The molecule has 2 aromatic rings. The Hall–Kier alpha value is -2.16. The van der Waals surface area contributed by atoms with E-state index in [2.05, 4.69) is 9.68 Å². The maximum atomic E-state index is 13.4. The SMILES string of the molecule is Nc1cc(F)c(F)c(S(=O)(=O)Nc2cnoc2)c1. The molecule has 0 saturated carbocycles. The van der Waals surface area contributed by atoms with Crippen molar-refractivity contribution in [1.29, 1.82) is 0 Å². The summed E-state index contributed by atoms with van der Waals surface area (Å²) < 4.78 is 56.4. The van der Waals surface area contributed by atoms with Crippen LogP contribution in [0.3, 0.4) is 0 Å². The highest BCUT2D eigenvalue weighted by Crippen LogP contribution is 2.23. The highest BCUT2D eigenvalue weighted by molar-refractivity contribution is 7.92. The van der Waals surface area contributed by atoms with Gasteiger partial charge < -0.3 is 10.3 Å². The largest absolute Gasteiger partial charge is 0.399 e. The molecule has 0 bridgehead atoms. The number of aromatic nitrogens is 1. The Balaban J connectivity index is 2.48. The molecule has 1 heterocycles. The molecule has 2 rings (SSSR count). The van der Waals surface area contributed by atoms with Gasteiger partial charge >= 0.3 is 0 Å². The first-order valence-electron chi connectivity index (χ1n) is 4.57. The van der Waals surface area contributed by atoms with Crippen LogP contribution < -0.4 is 10.5 Å². The molecule has 0 aliphatic carbocycles. The molecule has 0 aliphatic heterocycles. The van der Waals surface area contributed by atoms with Gasteiger partial charge in [0.05, 0.1) is 6.20 Å². The second kappa shape index (κ2) is 4.26. The van der Waals surface area contributed by atoms with E-state index in [0.717, 1.165) is 18.5 Å². The number of hydrogen-bond donors (Lipinski definition) is 2. The van der Waals surface area contributed by atoms with Crippen LogP contribution in [-0.2, 0) is 10.0 Å². The van der Waals surface area contributed by atoms with E-state index in [1.54, 1.807) is 0 Å². The molecule has 0 aliphatic rings. The molecular formula is C9H7F2N3O3S. The Morgan fingerprint density at radius 1 is 1.33 bits per heavy atom. The van der Waals surface area contributed by atoms with Gasteiger partial charge in [-0.2, -0.15) is 0 Å². The average molecular weight is 275 g/mol. The Bertz CT molecular complexity index is 671. The number of sulfonamides is 1. The molecule has 9 heteroatoms. The molecule has 0 amide bonds. The Labute approximate surface area is 100 Å². The number of nitrogens with zero attached hydrogens (tertiary/aromatic N) is 1. The summed E-state index contributed by atoms with van der Waals surface area (Å²) in [7, 11) is -4.30. The van der Waals surface area contributed by atoms with Gasteiger partial charge in [-0.15, -0.1) is 0 Å². The van der Waals surface area contributed by atoms with Crippen LogP contribution in [-0.4, -0.2) is 13.6 Å². The van der Waals surface area contributed by atoms with E-state index in [1.807, 2.05) is 4.72 Å². The summed E-state index contributed by atoms with van der Waals surface area (Å²) >= 11 is 0. The summed E-state index contributed by atoms with van der Waals surface area (Å²) in [5.41, 5.74) is 5.04. The predicted octanol–water partition coefficient (Wildman–Crippen LogP) is 1.34. The second-order valence-electron chi connectivity index (χ2n) is 3.33. The monoisotopic (exact) mass is 275 g/mol. The number of nitrogens with one attached hydrogen (secondary N) is 1. The van der Waals surface area contributed by atoms with Gasteiger partial charge in [-0.1, -0.05) is 5.16 Å². The zero-order chi connectivity index (χ0) is 13.3. The van der Waals surface area contributed by atoms with Crippen molar-refractivity contribution in [3.63, 3.8) is 0 Å². The highest BCUT2D eigenvalue weighted by Gasteiger charge is 2.23. The fourth-order valence-corrected chi connectivity index (χ4v) is 2.39. The maximum absolute atomic E-state index is 13.4. The quantitative estimate of drug-likeness (QED) is 0.823. The van der Waals surface area contributed by atoms with E-state index in [9.17, 15) is 17.2 Å². The van der Waals surface area contributed by atoms with Crippen LogP contribution in [0.5, 0.6) is 0 Å². The molecule has 0 unspecified atom stereocenters.